The average Bonchev–Trinajstić information content (AvgIpc) is 2.71. The lowest BCUT2D eigenvalue weighted by atomic mass is 10.0. The Hall–Kier alpha value is -1.76. The zero-order valence-corrected chi connectivity index (χ0v) is 22.0. The molecule has 32 heavy (non-hydrogen) atoms. The highest BCUT2D eigenvalue weighted by Gasteiger charge is 2.27. The van der Waals surface area contributed by atoms with Crippen LogP contribution in [0.15, 0.2) is 40.9 Å². The van der Waals surface area contributed by atoms with Gasteiger partial charge in [0.15, 0.2) is 6.61 Å². The summed E-state index contributed by atoms with van der Waals surface area (Å²) in [7, 11) is 0. The third kappa shape index (κ3) is 7.39. The number of amides is 2. The molecule has 1 N–H and O–H groups in total. The minimum atomic E-state index is -0.716. The molecule has 1 unspecified atom stereocenters. The minimum absolute atomic E-state index is 0.0484. The van der Waals surface area contributed by atoms with Gasteiger partial charge in [0, 0.05) is 22.6 Å². The molecule has 0 saturated carbocycles. The van der Waals surface area contributed by atoms with Gasteiger partial charge in [-0.05, 0) is 78.0 Å². The lowest BCUT2D eigenvalue weighted by Crippen LogP contribution is -2.50. The Morgan fingerprint density at radius 1 is 1.06 bits per heavy atom. The number of benzene rings is 2. The first-order chi connectivity index (χ1) is 15.0. The van der Waals surface area contributed by atoms with Gasteiger partial charge in [-0.15, -0.1) is 0 Å². The van der Waals surface area contributed by atoms with Crippen molar-refractivity contribution in [1.29, 1.82) is 0 Å². The quantitative estimate of drug-likeness (QED) is 0.409. The van der Waals surface area contributed by atoms with Crippen molar-refractivity contribution in [2.24, 2.45) is 0 Å². The first-order valence-electron chi connectivity index (χ1n) is 10.5. The van der Waals surface area contributed by atoms with Crippen LogP contribution in [0.2, 0.25) is 10.0 Å². The van der Waals surface area contributed by atoms with Gasteiger partial charge in [0.05, 0.1) is 4.47 Å². The Labute approximate surface area is 208 Å². The minimum Gasteiger partial charge on any atom is -0.483 e. The van der Waals surface area contributed by atoms with E-state index >= 15 is 0 Å². The van der Waals surface area contributed by atoms with Gasteiger partial charge >= 0.3 is 0 Å². The van der Waals surface area contributed by atoms with Crippen molar-refractivity contribution in [3.8, 4) is 5.75 Å². The van der Waals surface area contributed by atoms with Gasteiger partial charge in [0.2, 0.25) is 5.91 Å². The summed E-state index contributed by atoms with van der Waals surface area (Å²) in [5.74, 6) is 0.358. The number of halogens is 3. The highest BCUT2D eigenvalue weighted by molar-refractivity contribution is 9.10. The van der Waals surface area contributed by atoms with Crippen LogP contribution in [0.1, 0.15) is 51.7 Å². The molecule has 2 rings (SSSR count). The van der Waals surface area contributed by atoms with E-state index in [0.717, 1.165) is 10.0 Å². The van der Waals surface area contributed by atoms with Crippen LogP contribution in [-0.4, -0.2) is 35.4 Å². The van der Waals surface area contributed by atoms with Crippen molar-refractivity contribution in [3.63, 3.8) is 0 Å². The van der Waals surface area contributed by atoms with Gasteiger partial charge in [0.25, 0.3) is 5.91 Å². The Morgan fingerprint density at radius 2 is 1.75 bits per heavy atom. The van der Waals surface area contributed by atoms with E-state index in [2.05, 4.69) is 35.1 Å². The van der Waals surface area contributed by atoms with E-state index in [1.807, 2.05) is 32.0 Å². The van der Waals surface area contributed by atoms with E-state index < -0.39 is 6.04 Å². The number of ether oxygens (including phenoxy) is 1. The molecule has 0 heterocycles. The van der Waals surface area contributed by atoms with Crippen molar-refractivity contribution in [2.45, 2.75) is 59.2 Å². The topological polar surface area (TPSA) is 58.6 Å². The number of carbonyl (C=O) groups is 2. The molecule has 174 valence electrons. The van der Waals surface area contributed by atoms with Crippen molar-refractivity contribution in [2.75, 3.05) is 6.61 Å². The second-order valence-corrected chi connectivity index (χ2v) is 9.93. The lowest BCUT2D eigenvalue weighted by molar-refractivity contribution is -0.142. The molecule has 0 aliphatic heterocycles. The van der Waals surface area contributed by atoms with Gasteiger partial charge in [-0.1, -0.05) is 49.2 Å². The fourth-order valence-corrected chi connectivity index (χ4v) is 4.02. The molecule has 0 fully saturated rings. The molecule has 0 spiro atoms. The maximum absolute atomic E-state index is 13.2. The zero-order chi connectivity index (χ0) is 24.0. The van der Waals surface area contributed by atoms with Gasteiger partial charge in [0.1, 0.15) is 11.8 Å². The highest BCUT2D eigenvalue weighted by atomic mass is 79.9. The number of nitrogens with one attached hydrogen (secondary N) is 1. The molecule has 0 bridgehead atoms. The molecular formula is C24H29BrCl2N2O3. The molecule has 2 aromatic carbocycles. The van der Waals surface area contributed by atoms with E-state index in [1.165, 1.54) is 4.90 Å². The van der Waals surface area contributed by atoms with Crippen molar-refractivity contribution >= 4 is 50.9 Å². The second-order valence-electron chi connectivity index (χ2n) is 8.23. The largest absolute Gasteiger partial charge is 0.483 e. The van der Waals surface area contributed by atoms with E-state index in [0.29, 0.717) is 27.3 Å². The molecule has 5 nitrogen and oxygen atoms in total. The summed E-state index contributed by atoms with van der Waals surface area (Å²) >= 11 is 15.8. The number of carbonyl (C=O) groups excluding carboxylic acids is 2. The summed E-state index contributed by atoms with van der Waals surface area (Å²) in [6.07, 6.45) is 0. The normalized spacial score (nSPS) is 12.1. The van der Waals surface area contributed by atoms with Crippen LogP contribution in [0, 0.1) is 0 Å². The fraction of sp³-hybridized carbons (Fsp3) is 0.417. The third-order valence-corrected chi connectivity index (χ3v) is 6.13. The van der Waals surface area contributed by atoms with E-state index in [9.17, 15) is 9.59 Å². The molecule has 0 aliphatic rings. The molecule has 8 heteroatoms. The number of hydrogen-bond donors (Lipinski definition) is 1. The van der Waals surface area contributed by atoms with E-state index in [-0.39, 0.29) is 31.0 Å². The smallest absolute Gasteiger partial charge is 0.261 e. The van der Waals surface area contributed by atoms with Crippen LogP contribution in [0.3, 0.4) is 0 Å². The predicted octanol–water partition coefficient (Wildman–Crippen LogP) is 6.20. The molecular weight excluding hydrogens is 515 g/mol. The zero-order valence-electron chi connectivity index (χ0n) is 18.9. The highest BCUT2D eigenvalue weighted by Crippen LogP contribution is 2.29. The summed E-state index contributed by atoms with van der Waals surface area (Å²) < 4.78 is 6.56. The second kappa shape index (κ2) is 11.9. The predicted molar refractivity (Wildman–Crippen MR) is 133 cm³/mol. The summed E-state index contributed by atoms with van der Waals surface area (Å²) in [4.78, 5) is 27.3. The molecule has 2 aromatic rings. The van der Waals surface area contributed by atoms with Crippen LogP contribution in [0.5, 0.6) is 5.75 Å². The molecule has 1 atom stereocenters. The summed E-state index contributed by atoms with van der Waals surface area (Å²) in [5, 5.41) is 3.78. The Kier molecular flexibility index (Phi) is 9.86. The molecule has 0 aromatic heterocycles. The van der Waals surface area contributed by atoms with Crippen LogP contribution in [-0.2, 0) is 16.1 Å². The average molecular weight is 544 g/mol. The fourth-order valence-electron chi connectivity index (χ4n) is 3.04. The Morgan fingerprint density at radius 3 is 2.31 bits per heavy atom. The summed E-state index contributed by atoms with van der Waals surface area (Å²) in [5.41, 5.74) is 1.85. The Bertz CT molecular complexity index is 966. The third-order valence-electron chi connectivity index (χ3n) is 4.93. The number of rotatable bonds is 9. The SMILES string of the molecule is CC(C)NC(=O)C(C)N(Cc1ccc(Cl)cc1Cl)C(=O)COc1ccc(C(C)C)cc1Br. The van der Waals surface area contributed by atoms with E-state index in [4.69, 9.17) is 27.9 Å². The summed E-state index contributed by atoms with van der Waals surface area (Å²) in [6, 6.07) is 10.1. The van der Waals surface area contributed by atoms with Gasteiger partial charge in [-0.2, -0.15) is 0 Å². The van der Waals surface area contributed by atoms with Crippen LogP contribution in [0.4, 0.5) is 0 Å². The standard InChI is InChI=1S/C24H29BrCl2N2O3/c1-14(2)17-7-9-22(20(25)10-17)32-13-23(30)29(16(5)24(31)28-15(3)4)12-18-6-8-19(26)11-21(18)27/h6-11,14-16H,12-13H2,1-5H3,(H,28,31). The maximum Gasteiger partial charge on any atom is 0.261 e. The maximum atomic E-state index is 13.2. The van der Waals surface area contributed by atoms with Crippen molar-refractivity contribution in [1.82, 2.24) is 10.2 Å². The first-order valence-corrected chi connectivity index (χ1v) is 12.0. The molecule has 0 aliphatic carbocycles. The Balaban J connectivity index is 2.21. The van der Waals surface area contributed by atoms with Gasteiger partial charge < -0.3 is 15.0 Å². The van der Waals surface area contributed by atoms with Crippen molar-refractivity contribution < 1.29 is 14.3 Å². The number of hydrogen-bond acceptors (Lipinski definition) is 3. The monoisotopic (exact) mass is 542 g/mol. The summed E-state index contributed by atoms with van der Waals surface area (Å²) in [6.45, 7) is 9.57. The van der Waals surface area contributed by atoms with E-state index in [1.54, 1.807) is 25.1 Å². The molecule has 0 saturated heterocycles. The molecule has 2 amide bonds. The molecule has 0 radical (unpaired) electrons. The van der Waals surface area contributed by atoms with Crippen LogP contribution in [0.25, 0.3) is 0 Å². The van der Waals surface area contributed by atoms with Crippen molar-refractivity contribution in [3.05, 3.63) is 62.0 Å². The van der Waals surface area contributed by atoms with Gasteiger partial charge in [-0.25, -0.2) is 0 Å². The number of nitrogens with zero attached hydrogens (tertiary/aromatic N) is 1. The first kappa shape index (κ1) is 26.5. The van der Waals surface area contributed by atoms with Crippen LogP contribution < -0.4 is 10.1 Å². The van der Waals surface area contributed by atoms with Crippen LogP contribution >= 0.6 is 39.1 Å². The lowest BCUT2D eigenvalue weighted by Gasteiger charge is -2.29. The van der Waals surface area contributed by atoms with Gasteiger partial charge in [-0.3, -0.25) is 9.59 Å².